The summed E-state index contributed by atoms with van der Waals surface area (Å²) in [5.41, 5.74) is 2.54. The molecule has 0 saturated carbocycles. The molecular weight excluding hydrogens is 461 g/mol. The second-order valence-electron chi connectivity index (χ2n) is 8.69. The number of imide groups is 1. The lowest BCUT2D eigenvalue weighted by atomic mass is 10.1. The summed E-state index contributed by atoms with van der Waals surface area (Å²) in [7, 11) is 0. The Morgan fingerprint density at radius 2 is 1.75 bits per heavy atom. The summed E-state index contributed by atoms with van der Waals surface area (Å²) >= 11 is 0. The van der Waals surface area contributed by atoms with Crippen LogP contribution in [-0.4, -0.2) is 35.4 Å². The zero-order chi connectivity index (χ0) is 25.7. The number of halogens is 1. The van der Waals surface area contributed by atoms with Crippen molar-refractivity contribution in [1.82, 2.24) is 4.90 Å². The van der Waals surface area contributed by atoms with Crippen molar-refractivity contribution in [2.24, 2.45) is 0 Å². The monoisotopic (exact) mass is 489 g/mol. The minimum atomic E-state index is -1.00. The average Bonchev–Trinajstić information content (AvgIpc) is 3.08. The first-order valence-electron chi connectivity index (χ1n) is 11.8. The first-order valence-corrected chi connectivity index (χ1v) is 11.8. The van der Waals surface area contributed by atoms with E-state index in [4.69, 9.17) is 4.74 Å². The number of hydrogen-bond donors (Lipinski definition) is 1. The van der Waals surface area contributed by atoms with Gasteiger partial charge in [-0.1, -0.05) is 31.2 Å². The SMILES string of the molecule is CCCOc1ccc(NC(=O)CC2C(=O)N(c3cccc(C)c3)C(=O)N2Cc2ccc(F)cc2)cc1. The van der Waals surface area contributed by atoms with Crippen molar-refractivity contribution in [2.75, 3.05) is 16.8 Å². The molecule has 1 heterocycles. The normalized spacial score (nSPS) is 15.4. The molecule has 1 aliphatic rings. The summed E-state index contributed by atoms with van der Waals surface area (Å²) in [6.45, 7) is 4.55. The fourth-order valence-electron chi connectivity index (χ4n) is 4.05. The molecule has 3 aromatic rings. The molecule has 186 valence electrons. The van der Waals surface area contributed by atoms with E-state index in [1.54, 1.807) is 54.6 Å². The van der Waals surface area contributed by atoms with Gasteiger partial charge in [-0.25, -0.2) is 14.1 Å². The molecule has 4 amide bonds. The van der Waals surface area contributed by atoms with Crippen LogP contribution in [0.5, 0.6) is 5.75 Å². The van der Waals surface area contributed by atoms with Crippen LogP contribution in [0.25, 0.3) is 0 Å². The predicted octanol–water partition coefficient (Wildman–Crippen LogP) is 5.29. The van der Waals surface area contributed by atoms with Gasteiger partial charge in [0.1, 0.15) is 17.6 Å². The van der Waals surface area contributed by atoms with Crippen molar-refractivity contribution < 1.29 is 23.5 Å². The lowest BCUT2D eigenvalue weighted by molar-refractivity contribution is -0.124. The van der Waals surface area contributed by atoms with Crippen LogP contribution < -0.4 is 15.0 Å². The Kier molecular flexibility index (Phi) is 7.63. The molecule has 1 aliphatic heterocycles. The molecule has 1 atom stereocenters. The number of amides is 4. The smallest absolute Gasteiger partial charge is 0.332 e. The Morgan fingerprint density at radius 3 is 2.42 bits per heavy atom. The van der Waals surface area contributed by atoms with Crippen molar-refractivity contribution in [2.45, 2.75) is 39.3 Å². The highest BCUT2D eigenvalue weighted by Crippen LogP contribution is 2.29. The van der Waals surface area contributed by atoms with Crippen LogP contribution in [-0.2, 0) is 16.1 Å². The van der Waals surface area contributed by atoms with Crippen LogP contribution in [0.2, 0.25) is 0 Å². The Bertz CT molecular complexity index is 1240. The van der Waals surface area contributed by atoms with Crippen LogP contribution in [0.3, 0.4) is 0 Å². The quantitative estimate of drug-likeness (QED) is 0.414. The summed E-state index contributed by atoms with van der Waals surface area (Å²) in [6, 6.07) is 18.2. The van der Waals surface area contributed by atoms with Gasteiger partial charge in [-0.15, -0.1) is 0 Å². The van der Waals surface area contributed by atoms with Gasteiger partial charge in [0, 0.05) is 12.2 Å². The highest BCUT2D eigenvalue weighted by Gasteiger charge is 2.46. The van der Waals surface area contributed by atoms with Gasteiger partial charge in [-0.05, 0) is 73.0 Å². The lowest BCUT2D eigenvalue weighted by Crippen LogP contribution is -2.37. The standard InChI is InChI=1S/C28H28FN3O4/c1-3-15-36-24-13-11-22(12-14-24)30-26(33)17-25-27(34)32(23-6-4-5-19(2)16-23)28(35)31(25)18-20-7-9-21(29)10-8-20/h4-14,16,25H,3,15,17-18H2,1-2H3,(H,30,33). The number of nitrogens with one attached hydrogen (secondary N) is 1. The van der Waals surface area contributed by atoms with E-state index < -0.39 is 29.7 Å². The Balaban J connectivity index is 1.54. The first-order chi connectivity index (χ1) is 17.4. The second-order valence-corrected chi connectivity index (χ2v) is 8.69. The van der Waals surface area contributed by atoms with Crippen molar-refractivity contribution in [3.8, 4) is 5.75 Å². The summed E-state index contributed by atoms with van der Waals surface area (Å²) < 4.78 is 19.0. The Labute approximate surface area is 209 Å². The van der Waals surface area contributed by atoms with Gasteiger partial charge in [-0.3, -0.25) is 9.59 Å². The number of carbonyl (C=O) groups is 3. The topological polar surface area (TPSA) is 79.0 Å². The molecule has 0 bridgehead atoms. The molecule has 8 heteroatoms. The number of urea groups is 1. The van der Waals surface area contributed by atoms with Crippen molar-refractivity contribution in [1.29, 1.82) is 0 Å². The van der Waals surface area contributed by atoms with E-state index in [1.165, 1.54) is 17.0 Å². The summed E-state index contributed by atoms with van der Waals surface area (Å²) in [5.74, 6) is -0.582. The minimum absolute atomic E-state index is 0.0641. The van der Waals surface area contributed by atoms with E-state index in [2.05, 4.69) is 5.32 Å². The van der Waals surface area contributed by atoms with E-state index in [0.29, 0.717) is 29.3 Å². The van der Waals surface area contributed by atoms with Gasteiger partial charge in [0.15, 0.2) is 0 Å². The zero-order valence-corrected chi connectivity index (χ0v) is 20.2. The average molecular weight is 490 g/mol. The van der Waals surface area contributed by atoms with Crippen LogP contribution in [0.1, 0.15) is 30.9 Å². The number of benzene rings is 3. The molecule has 7 nitrogen and oxygen atoms in total. The third-order valence-electron chi connectivity index (χ3n) is 5.83. The Hall–Kier alpha value is -4.20. The molecule has 1 N–H and O–H groups in total. The van der Waals surface area contributed by atoms with Gasteiger partial charge in [0.05, 0.1) is 18.7 Å². The summed E-state index contributed by atoms with van der Waals surface area (Å²) in [5, 5.41) is 2.79. The number of hydrogen-bond acceptors (Lipinski definition) is 4. The molecule has 1 fully saturated rings. The molecule has 0 aliphatic carbocycles. The lowest BCUT2D eigenvalue weighted by Gasteiger charge is -2.21. The number of anilines is 2. The van der Waals surface area contributed by atoms with Crippen LogP contribution >= 0.6 is 0 Å². The molecule has 0 spiro atoms. The number of carbonyl (C=O) groups excluding carboxylic acids is 3. The molecule has 3 aromatic carbocycles. The highest BCUT2D eigenvalue weighted by atomic mass is 19.1. The molecule has 0 radical (unpaired) electrons. The van der Waals surface area contributed by atoms with Crippen LogP contribution in [0.15, 0.2) is 72.8 Å². The van der Waals surface area contributed by atoms with E-state index in [-0.39, 0.29) is 13.0 Å². The maximum absolute atomic E-state index is 13.4. The molecule has 36 heavy (non-hydrogen) atoms. The first kappa shape index (κ1) is 24.9. The maximum Gasteiger partial charge on any atom is 0.332 e. The maximum atomic E-state index is 13.4. The molecular formula is C28H28FN3O4. The summed E-state index contributed by atoms with van der Waals surface area (Å²) in [4.78, 5) is 42.2. The third kappa shape index (κ3) is 5.71. The van der Waals surface area contributed by atoms with Crippen molar-refractivity contribution in [3.05, 3.63) is 89.7 Å². The van der Waals surface area contributed by atoms with E-state index >= 15 is 0 Å². The van der Waals surface area contributed by atoms with Gasteiger partial charge in [-0.2, -0.15) is 0 Å². The largest absolute Gasteiger partial charge is 0.494 e. The second kappa shape index (κ2) is 11.0. The third-order valence-corrected chi connectivity index (χ3v) is 5.83. The minimum Gasteiger partial charge on any atom is -0.494 e. The fraction of sp³-hybridized carbons (Fsp3) is 0.250. The summed E-state index contributed by atoms with van der Waals surface area (Å²) in [6.07, 6.45) is 0.669. The zero-order valence-electron chi connectivity index (χ0n) is 20.2. The van der Waals surface area contributed by atoms with Gasteiger partial charge in [0.2, 0.25) is 5.91 Å². The van der Waals surface area contributed by atoms with Gasteiger partial charge in [0.25, 0.3) is 5.91 Å². The molecule has 4 rings (SSSR count). The fourth-order valence-corrected chi connectivity index (χ4v) is 4.05. The van der Waals surface area contributed by atoms with Crippen LogP contribution in [0.4, 0.5) is 20.6 Å². The number of ether oxygens (including phenoxy) is 1. The van der Waals surface area contributed by atoms with E-state index in [1.807, 2.05) is 19.9 Å². The molecule has 0 aromatic heterocycles. The van der Waals surface area contributed by atoms with E-state index in [9.17, 15) is 18.8 Å². The van der Waals surface area contributed by atoms with Crippen LogP contribution in [0, 0.1) is 12.7 Å². The number of aryl methyl sites for hydroxylation is 1. The number of nitrogens with zero attached hydrogens (tertiary/aromatic N) is 2. The van der Waals surface area contributed by atoms with Gasteiger partial charge < -0.3 is 15.0 Å². The molecule has 1 unspecified atom stereocenters. The number of rotatable bonds is 9. The highest BCUT2D eigenvalue weighted by molar-refractivity contribution is 6.22. The van der Waals surface area contributed by atoms with Crippen molar-refractivity contribution in [3.63, 3.8) is 0 Å². The van der Waals surface area contributed by atoms with E-state index in [0.717, 1.165) is 16.9 Å². The predicted molar refractivity (Wildman–Crippen MR) is 135 cm³/mol. The molecule has 1 saturated heterocycles. The Morgan fingerprint density at radius 1 is 1.03 bits per heavy atom. The van der Waals surface area contributed by atoms with Crippen molar-refractivity contribution >= 4 is 29.2 Å². The van der Waals surface area contributed by atoms with Gasteiger partial charge >= 0.3 is 6.03 Å².